The predicted octanol–water partition coefficient (Wildman–Crippen LogP) is -0.582. The third-order valence-corrected chi connectivity index (χ3v) is 8.35. The first-order valence-corrected chi connectivity index (χ1v) is 14.8. The van der Waals surface area contributed by atoms with Crippen molar-refractivity contribution in [3.8, 4) is 12.3 Å². The molecule has 0 radical (unpaired) electrons. The molecule has 0 aliphatic carbocycles. The highest BCUT2D eigenvalue weighted by Crippen LogP contribution is 2.35. The number of fused-ring (bicyclic) bond motifs is 1. The summed E-state index contributed by atoms with van der Waals surface area (Å²) in [7, 11) is 0. The fourth-order valence-electron chi connectivity index (χ4n) is 5.95. The van der Waals surface area contributed by atoms with Gasteiger partial charge in [-0.05, 0) is 43.2 Å². The number of hydrogen-bond acceptors (Lipinski definition) is 5. The second kappa shape index (κ2) is 16.1. The summed E-state index contributed by atoms with van der Waals surface area (Å²) < 4.78 is 0. The van der Waals surface area contributed by atoms with Gasteiger partial charge in [-0.25, -0.2) is 0 Å². The molecule has 2 aromatic carbocycles. The van der Waals surface area contributed by atoms with Gasteiger partial charge in [0.05, 0.1) is 12.1 Å². The van der Waals surface area contributed by atoms with Crippen LogP contribution in [0.2, 0.25) is 0 Å². The summed E-state index contributed by atoms with van der Waals surface area (Å²) >= 11 is 0. The number of rotatable bonds is 11. The quantitative estimate of drug-likeness (QED) is 0.254. The topological polar surface area (TPSA) is 134 Å². The number of nitrogens with zero attached hydrogens (tertiary/aromatic N) is 1. The van der Waals surface area contributed by atoms with Gasteiger partial charge in [0.2, 0.25) is 23.6 Å². The summed E-state index contributed by atoms with van der Waals surface area (Å²) in [6, 6.07) is 16.6. The molecule has 0 unspecified atom stereocenters. The van der Waals surface area contributed by atoms with E-state index in [0.29, 0.717) is 38.5 Å². The van der Waals surface area contributed by atoms with E-state index in [1.54, 1.807) is 11.8 Å². The average Bonchev–Trinajstić information content (AvgIpc) is 3.40. The lowest BCUT2D eigenvalue weighted by molar-refractivity contribution is -0.143. The summed E-state index contributed by atoms with van der Waals surface area (Å²) in [6.07, 6.45) is 8.68. The average molecular weight is 607 g/mol. The zero-order valence-electron chi connectivity index (χ0n) is 24.5. The van der Waals surface area contributed by atoms with Gasteiger partial charge < -0.3 is 39.0 Å². The minimum absolute atomic E-state index is 0. The van der Waals surface area contributed by atoms with E-state index in [-0.39, 0.29) is 61.1 Å². The Bertz CT molecular complexity index is 1250. The van der Waals surface area contributed by atoms with Crippen LogP contribution in [0.3, 0.4) is 0 Å². The summed E-state index contributed by atoms with van der Waals surface area (Å²) in [6.45, 7) is 2.01. The Morgan fingerprint density at radius 3 is 2.19 bits per heavy atom. The van der Waals surface area contributed by atoms with Crippen LogP contribution >= 0.6 is 0 Å². The predicted molar refractivity (Wildman–Crippen MR) is 161 cm³/mol. The number of terminal acetylenes is 1. The van der Waals surface area contributed by atoms with Crippen molar-refractivity contribution in [3.05, 3.63) is 71.8 Å². The maximum atomic E-state index is 14.2. The van der Waals surface area contributed by atoms with Crippen molar-refractivity contribution in [3.63, 3.8) is 0 Å². The standard InChI is InChI=1S/C33H41N5O4.ClH/c1-3-5-16-28(39)35-21-24-17-18-25-19-20-27(38(25)33(42)30(24)37-31(40)26(34)4-2)32(41)36-29(22-12-8-6-9-13-22)23-14-10-7-11-15-23;/h1,6-15,24-27,29-30H,4-5,16-21,34H2,2H3,(H,35,39)(H,36,41)(H,37,40);1H/p-1/t24-,25+,26+,27+,30+;/m1./s1. The molecule has 9 nitrogen and oxygen atoms in total. The summed E-state index contributed by atoms with van der Waals surface area (Å²) in [5.41, 5.74) is 7.87. The Kier molecular flexibility index (Phi) is 12.6. The van der Waals surface area contributed by atoms with Crippen LogP contribution in [0.1, 0.15) is 69.0 Å². The van der Waals surface area contributed by atoms with Crippen LogP contribution in [0.25, 0.3) is 0 Å². The van der Waals surface area contributed by atoms with E-state index in [1.807, 2.05) is 60.7 Å². The van der Waals surface area contributed by atoms with E-state index >= 15 is 0 Å². The minimum Gasteiger partial charge on any atom is -1.00 e. The Hall–Kier alpha value is -3.87. The van der Waals surface area contributed by atoms with Gasteiger partial charge in [-0.3, -0.25) is 19.2 Å². The van der Waals surface area contributed by atoms with Crippen molar-refractivity contribution in [2.24, 2.45) is 11.7 Å². The molecule has 5 atom stereocenters. The van der Waals surface area contributed by atoms with Crippen molar-refractivity contribution in [1.82, 2.24) is 20.9 Å². The highest BCUT2D eigenvalue weighted by Gasteiger charge is 2.48. The van der Waals surface area contributed by atoms with E-state index in [1.165, 1.54) is 0 Å². The first-order valence-electron chi connectivity index (χ1n) is 14.8. The molecule has 5 N–H and O–H groups in total. The number of nitrogens with one attached hydrogen (secondary N) is 3. The minimum atomic E-state index is -0.916. The molecule has 4 rings (SSSR count). The Morgan fingerprint density at radius 1 is 1.00 bits per heavy atom. The van der Waals surface area contributed by atoms with Crippen molar-refractivity contribution in [1.29, 1.82) is 0 Å². The zero-order chi connectivity index (χ0) is 30.1. The number of carbonyl (C=O) groups is 4. The molecule has 2 heterocycles. The fourth-order valence-corrected chi connectivity index (χ4v) is 5.95. The maximum absolute atomic E-state index is 14.2. The largest absolute Gasteiger partial charge is 1.00 e. The lowest BCUT2D eigenvalue weighted by atomic mass is 9.92. The first-order chi connectivity index (χ1) is 20.3. The van der Waals surface area contributed by atoms with Gasteiger partial charge in [0.25, 0.3) is 0 Å². The molecule has 230 valence electrons. The molecule has 2 aliphatic rings. The third kappa shape index (κ3) is 8.37. The van der Waals surface area contributed by atoms with Crippen LogP contribution in [0, 0.1) is 18.3 Å². The molecule has 43 heavy (non-hydrogen) atoms. The van der Waals surface area contributed by atoms with Gasteiger partial charge >= 0.3 is 0 Å². The van der Waals surface area contributed by atoms with Crippen LogP contribution in [0.15, 0.2) is 60.7 Å². The lowest BCUT2D eigenvalue weighted by Crippen LogP contribution is -3.00. The SMILES string of the molecule is C#CCCC(=O)NC[C@H]1CC[C@H]2CC[C@@H](C(=O)NC(c3ccccc3)c3ccccc3)N2C(=O)[C@H]1NC(=O)[C@@H](N)CC.[Cl-]. The van der Waals surface area contributed by atoms with Gasteiger partial charge in [0, 0.05) is 31.3 Å². The van der Waals surface area contributed by atoms with Gasteiger partial charge in [0.15, 0.2) is 0 Å². The van der Waals surface area contributed by atoms with E-state index in [4.69, 9.17) is 12.2 Å². The molecule has 2 saturated heterocycles. The normalized spacial score (nSPS) is 21.9. The molecule has 0 bridgehead atoms. The molecule has 2 fully saturated rings. The number of halogens is 1. The van der Waals surface area contributed by atoms with Crippen LogP contribution in [-0.4, -0.2) is 59.2 Å². The monoisotopic (exact) mass is 606 g/mol. The van der Waals surface area contributed by atoms with E-state index in [2.05, 4.69) is 21.9 Å². The van der Waals surface area contributed by atoms with E-state index < -0.39 is 24.0 Å². The summed E-state index contributed by atoms with van der Waals surface area (Å²) in [5, 5.41) is 8.95. The van der Waals surface area contributed by atoms with Crippen molar-refractivity contribution >= 4 is 23.6 Å². The maximum Gasteiger partial charge on any atom is 0.246 e. The molecule has 0 aromatic heterocycles. The fraction of sp³-hybridized carbons (Fsp3) is 0.455. The summed E-state index contributed by atoms with van der Waals surface area (Å²) in [4.78, 5) is 55.0. The Balaban J connectivity index is 0.00000506. The van der Waals surface area contributed by atoms with Crippen LogP contribution in [-0.2, 0) is 19.2 Å². The van der Waals surface area contributed by atoms with Gasteiger partial charge in [-0.1, -0.05) is 67.6 Å². The smallest absolute Gasteiger partial charge is 0.246 e. The van der Waals surface area contributed by atoms with E-state index in [9.17, 15) is 19.2 Å². The number of benzene rings is 2. The molecule has 0 saturated carbocycles. The van der Waals surface area contributed by atoms with Crippen molar-refractivity contribution in [2.75, 3.05) is 6.54 Å². The van der Waals surface area contributed by atoms with Crippen LogP contribution in [0.4, 0.5) is 0 Å². The number of nitrogens with two attached hydrogens (primary N) is 1. The molecular formula is C33H41ClN5O4-. The highest BCUT2D eigenvalue weighted by atomic mass is 35.5. The Labute approximate surface area is 260 Å². The van der Waals surface area contributed by atoms with Gasteiger partial charge in [-0.15, -0.1) is 12.3 Å². The highest BCUT2D eigenvalue weighted by molar-refractivity contribution is 5.94. The van der Waals surface area contributed by atoms with Gasteiger partial charge in [-0.2, -0.15) is 0 Å². The molecule has 2 aromatic rings. The van der Waals surface area contributed by atoms with Crippen LogP contribution in [0.5, 0.6) is 0 Å². The zero-order valence-corrected chi connectivity index (χ0v) is 25.3. The lowest BCUT2D eigenvalue weighted by Gasteiger charge is -2.33. The number of carbonyl (C=O) groups excluding carboxylic acids is 4. The van der Waals surface area contributed by atoms with E-state index in [0.717, 1.165) is 11.1 Å². The summed E-state index contributed by atoms with van der Waals surface area (Å²) in [5.74, 6) is 0.924. The second-order valence-electron chi connectivity index (χ2n) is 11.1. The van der Waals surface area contributed by atoms with Crippen molar-refractivity contribution < 1.29 is 31.6 Å². The molecule has 0 spiro atoms. The molecular weight excluding hydrogens is 566 g/mol. The molecule has 10 heteroatoms. The van der Waals surface area contributed by atoms with Crippen LogP contribution < -0.4 is 34.1 Å². The number of hydrogen-bond donors (Lipinski definition) is 4. The molecule has 4 amide bonds. The van der Waals surface area contributed by atoms with Gasteiger partial charge in [0.1, 0.15) is 12.1 Å². The second-order valence-corrected chi connectivity index (χ2v) is 11.1. The molecule has 2 aliphatic heterocycles. The van der Waals surface area contributed by atoms with Crippen molar-refractivity contribution in [2.45, 2.75) is 82.1 Å². The Morgan fingerprint density at radius 2 is 1.60 bits per heavy atom. The first kappa shape index (κ1) is 33.6. The third-order valence-electron chi connectivity index (χ3n) is 8.35. The number of amides is 4.